The highest BCUT2D eigenvalue weighted by Gasteiger charge is 2.21. The van der Waals surface area contributed by atoms with Crippen LogP contribution < -0.4 is 10.2 Å². The molecule has 2 aromatic carbocycles. The van der Waals surface area contributed by atoms with Crippen molar-refractivity contribution >= 4 is 35.4 Å². The lowest BCUT2D eigenvalue weighted by atomic mass is 10.2. The first-order chi connectivity index (χ1) is 14.0. The summed E-state index contributed by atoms with van der Waals surface area (Å²) in [4.78, 5) is 37.0. The summed E-state index contributed by atoms with van der Waals surface area (Å²) in [6.45, 7) is 0.0636. The quantitative estimate of drug-likeness (QED) is 0.578. The maximum absolute atomic E-state index is 12.2. The smallest absolute Gasteiger partial charge is 0.408 e. The van der Waals surface area contributed by atoms with Gasteiger partial charge in [0.05, 0.1) is 5.75 Å². The number of ether oxygens (including phenoxy) is 1. The van der Waals surface area contributed by atoms with Gasteiger partial charge in [-0.05, 0) is 29.9 Å². The van der Waals surface area contributed by atoms with Crippen LogP contribution in [0.3, 0.4) is 0 Å². The van der Waals surface area contributed by atoms with Crippen molar-refractivity contribution in [3.63, 3.8) is 0 Å². The number of hydrogen-bond donors (Lipinski definition) is 2. The van der Waals surface area contributed by atoms with Crippen molar-refractivity contribution in [1.82, 2.24) is 5.32 Å². The second-order valence-corrected chi connectivity index (χ2v) is 7.33. The molecular formula is C21H24N2O5S. The summed E-state index contributed by atoms with van der Waals surface area (Å²) in [6.07, 6.45) is -0.603. The van der Waals surface area contributed by atoms with E-state index in [-0.39, 0.29) is 24.7 Å². The average molecular weight is 416 g/mol. The van der Waals surface area contributed by atoms with E-state index in [2.05, 4.69) is 5.32 Å². The largest absolute Gasteiger partial charge is 0.480 e. The molecule has 1 unspecified atom stereocenters. The molecule has 0 bridgehead atoms. The summed E-state index contributed by atoms with van der Waals surface area (Å²) in [5.41, 5.74) is 1.61. The van der Waals surface area contributed by atoms with E-state index in [0.717, 1.165) is 11.3 Å². The van der Waals surface area contributed by atoms with Crippen molar-refractivity contribution in [2.24, 2.45) is 0 Å². The molecule has 0 heterocycles. The Morgan fingerprint density at radius 2 is 1.69 bits per heavy atom. The molecule has 8 heteroatoms. The zero-order chi connectivity index (χ0) is 21.1. The first kappa shape index (κ1) is 22.3. The van der Waals surface area contributed by atoms with Gasteiger partial charge in [-0.3, -0.25) is 4.79 Å². The van der Waals surface area contributed by atoms with Gasteiger partial charge in [0.1, 0.15) is 12.6 Å². The highest BCUT2D eigenvalue weighted by molar-refractivity contribution is 7.99. The van der Waals surface area contributed by atoms with Crippen LogP contribution in [0.15, 0.2) is 60.7 Å². The molecule has 2 amide bonds. The Morgan fingerprint density at radius 1 is 1.07 bits per heavy atom. The Balaban J connectivity index is 1.71. The Kier molecular flexibility index (Phi) is 9.04. The topological polar surface area (TPSA) is 95.9 Å². The van der Waals surface area contributed by atoms with Crippen LogP contribution in [0.1, 0.15) is 12.0 Å². The number of nitrogens with zero attached hydrogens (tertiary/aromatic N) is 1. The molecule has 0 aliphatic heterocycles. The predicted octanol–water partition coefficient (Wildman–Crippen LogP) is 3.15. The third-order valence-electron chi connectivity index (χ3n) is 4.10. The number of thioether (sulfide) groups is 1. The Bertz CT molecular complexity index is 801. The Hall–Kier alpha value is -3.00. The maximum atomic E-state index is 12.2. The minimum Gasteiger partial charge on any atom is -0.480 e. The third kappa shape index (κ3) is 7.87. The van der Waals surface area contributed by atoms with Gasteiger partial charge in [0.15, 0.2) is 0 Å². The molecule has 0 aliphatic rings. The molecule has 2 N–H and O–H groups in total. The summed E-state index contributed by atoms with van der Waals surface area (Å²) >= 11 is 1.32. The van der Waals surface area contributed by atoms with Crippen LogP contribution in [0.5, 0.6) is 0 Å². The highest BCUT2D eigenvalue weighted by atomic mass is 32.2. The van der Waals surface area contributed by atoms with E-state index in [1.807, 2.05) is 60.7 Å². The van der Waals surface area contributed by atoms with Gasteiger partial charge in [-0.15, -0.1) is 0 Å². The van der Waals surface area contributed by atoms with Gasteiger partial charge < -0.3 is 20.1 Å². The summed E-state index contributed by atoms with van der Waals surface area (Å²) in [7, 11) is 1.70. The van der Waals surface area contributed by atoms with E-state index in [1.54, 1.807) is 11.9 Å². The van der Waals surface area contributed by atoms with Crippen LogP contribution in [0.2, 0.25) is 0 Å². The molecule has 0 spiro atoms. The molecule has 0 saturated heterocycles. The first-order valence-corrected chi connectivity index (χ1v) is 10.2. The van der Waals surface area contributed by atoms with Crippen molar-refractivity contribution < 1.29 is 24.2 Å². The van der Waals surface area contributed by atoms with Crippen molar-refractivity contribution in [2.75, 3.05) is 23.5 Å². The molecule has 2 rings (SSSR count). The molecule has 154 valence electrons. The van der Waals surface area contributed by atoms with Crippen LogP contribution in [0, 0.1) is 0 Å². The number of alkyl carbamates (subject to hydrolysis) is 1. The molecule has 29 heavy (non-hydrogen) atoms. The molecule has 0 aliphatic carbocycles. The molecular weight excluding hydrogens is 392 g/mol. The number of amides is 2. The number of para-hydroxylation sites is 1. The van der Waals surface area contributed by atoms with E-state index in [0.29, 0.717) is 5.75 Å². The van der Waals surface area contributed by atoms with Crippen molar-refractivity contribution in [3.05, 3.63) is 66.2 Å². The van der Waals surface area contributed by atoms with Crippen LogP contribution in [0.25, 0.3) is 0 Å². The summed E-state index contributed by atoms with van der Waals surface area (Å²) in [6, 6.07) is 17.3. The number of anilines is 1. The minimum absolute atomic E-state index is 0.0636. The van der Waals surface area contributed by atoms with Gasteiger partial charge in [-0.25, -0.2) is 9.59 Å². The highest BCUT2D eigenvalue weighted by Crippen LogP contribution is 2.14. The second kappa shape index (κ2) is 11.8. The molecule has 2 aromatic rings. The number of carboxylic acid groups (broad SMARTS) is 1. The van der Waals surface area contributed by atoms with Gasteiger partial charge in [-0.1, -0.05) is 48.5 Å². The van der Waals surface area contributed by atoms with E-state index < -0.39 is 18.1 Å². The van der Waals surface area contributed by atoms with Gasteiger partial charge >= 0.3 is 12.1 Å². The molecule has 0 radical (unpaired) electrons. The van der Waals surface area contributed by atoms with Gasteiger partial charge in [0, 0.05) is 12.7 Å². The lowest BCUT2D eigenvalue weighted by molar-refractivity contribution is -0.139. The van der Waals surface area contributed by atoms with Crippen molar-refractivity contribution in [1.29, 1.82) is 0 Å². The number of carbonyl (C=O) groups excluding carboxylic acids is 2. The number of rotatable bonds is 10. The van der Waals surface area contributed by atoms with E-state index in [9.17, 15) is 19.5 Å². The molecule has 0 aromatic heterocycles. The molecule has 1 atom stereocenters. The number of hydrogen-bond acceptors (Lipinski definition) is 5. The van der Waals surface area contributed by atoms with Crippen LogP contribution in [-0.2, 0) is 20.9 Å². The van der Waals surface area contributed by atoms with Crippen LogP contribution in [-0.4, -0.2) is 47.7 Å². The standard InChI is InChI=1S/C21H24N2O5S/c1-23(17-10-6-3-7-11-17)19(24)15-29-13-12-18(20(25)26)22-21(27)28-14-16-8-4-2-5-9-16/h2-11,18H,12-15H2,1H3,(H,22,27)(H,25,26). The number of carbonyl (C=O) groups is 3. The first-order valence-electron chi connectivity index (χ1n) is 9.06. The van der Waals surface area contributed by atoms with Crippen molar-refractivity contribution in [3.8, 4) is 0 Å². The van der Waals surface area contributed by atoms with E-state index >= 15 is 0 Å². The SMILES string of the molecule is CN(C(=O)CSCCC(NC(=O)OCc1ccccc1)C(=O)O)c1ccccc1. The van der Waals surface area contributed by atoms with Gasteiger partial charge in [0.2, 0.25) is 5.91 Å². The lowest BCUT2D eigenvalue weighted by Crippen LogP contribution is -2.41. The Labute approximate surface area is 174 Å². The monoisotopic (exact) mass is 416 g/mol. The zero-order valence-electron chi connectivity index (χ0n) is 16.1. The fourth-order valence-corrected chi connectivity index (χ4v) is 3.33. The zero-order valence-corrected chi connectivity index (χ0v) is 16.9. The van der Waals surface area contributed by atoms with Gasteiger partial charge in [0.25, 0.3) is 0 Å². The van der Waals surface area contributed by atoms with E-state index in [1.165, 1.54) is 11.8 Å². The number of nitrogens with one attached hydrogen (secondary N) is 1. The number of aliphatic carboxylic acids is 1. The summed E-state index contributed by atoms with van der Waals surface area (Å²) < 4.78 is 5.05. The van der Waals surface area contributed by atoms with Crippen molar-refractivity contribution in [2.45, 2.75) is 19.1 Å². The third-order valence-corrected chi connectivity index (χ3v) is 5.07. The van der Waals surface area contributed by atoms with Gasteiger partial charge in [-0.2, -0.15) is 11.8 Å². The maximum Gasteiger partial charge on any atom is 0.408 e. The lowest BCUT2D eigenvalue weighted by Gasteiger charge is -2.17. The average Bonchev–Trinajstić information content (AvgIpc) is 2.74. The summed E-state index contributed by atoms with van der Waals surface area (Å²) in [5.74, 6) is -0.598. The minimum atomic E-state index is -1.14. The molecule has 7 nitrogen and oxygen atoms in total. The predicted molar refractivity (Wildman–Crippen MR) is 113 cm³/mol. The van der Waals surface area contributed by atoms with Crippen LogP contribution in [0.4, 0.5) is 10.5 Å². The molecule has 0 fully saturated rings. The summed E-state index contributed by atoms with van der Waals surface area (Å²) in [5, 5.41) is 11.7. The molecule has 0 saturated carbocycles. The normalized spacial score (nSPS) is 11.3. The van der Waals surface area contributed by atoms with E-state index in [4.69, 9.17) is 4.74 Å². The second-order valence-electron chi connectivity index (χ2n) is 6.23. The fourth-order valence-electron chi connectivity index (χ4n) is 2.42. The Morgan fingerprint density at radius 3 is 2.31 bits per heavy atom. The number of benzene rings is 2. The fraction of sp³-hybridized carbons (Fsp3) is 0.286. The van der Waals surface area contributed by atoms with Crippen LogP contribution >= 0.6 is 11.8 Å². The number of carboxylic acids is 1.